The third-order valence-corrected chi connectivity index (χ3v) is 2.35. The van der Waals surface area contributed by atoms with E-state index >= 15 is 0 Å². The minimum absolute atomic E-state index is 0.352. The second-order valence-corrected chi connectivity index (χ2v) is 3.30. The van der Waals surface area contributed by atoms with Crippen molar-refractivity contribution in [3.63, 3.8) is 0 Å². The molecule has 0 saturated carbocycles. The zero-order valence-corrected chi connectivity index (χ0v) is 8.22. The van der Waals surface area contributed by atoms with Gasteiger partial charge in [-0.15, -0.1) is 0 Å². The number of hydrogen-bond donors (Lipinski definition) is 1. The number of nitrogens with zero attached hydrogens (tertiary/aromatic N) is 1. The predicted molar refractivity (Wildman–Crippen MR) is 54.4 cm³/mol. The van der Waals surface area contributed by atoms with E-state index in [4.69, 9.17) is 0 Å². The van der Waals surface area contributed by atoms with Crippen LogP contribution in [0.5, 0.6) is 0 Å². The van der Waals surface area contributed by atoms with Gasteiger partial charge in [-0.05, 0) is 12.1 Å². The summed E-state index contributed by atoms with van der Waals surface area (Å²) in [6.45, 7) is 3.72. The van der Waals surface area contributed by atoms with Gasteiger partial charge in [-0.2, -0.15) is 0 Å². The van der Waals surface area contributed by atoms with E-state index in [0.29, 0.717) is 17.1 Å². The monoisotopic (exact) mass is 208 g/mol. The number of rotatable bonds is 1. The lowest BCUT2D eigenvalue weighted by atomic mass is 10.1. The number of benzene rings is 1. The Morgan fingerprint density at radius 1 is 1.33 bits per heavy atom. The van der Waals surface area contributed by atoms with Crippen LogP contribution in [-0.2, 0) is 0 Å². The van der Waals surface area contributed by atoms with Crippen molar-refractivity contribution in [3.05, 3.63) is 54.0 Å². The summed E-state index contributed by atoms with van der Waals surface area (Å²) in [5.74, 6) is -0.498. The third-order valence-electron chi connectivity index (χ3n) is 2.35. The lowest BCUT2D eigenvalue weighted by Crippen LogP contribution is -2.15. The molecule has 1 aliphatic rings. The molecule has 0 unspecified atom stereocenters. The Kier molecular flexibility index (Phi) is 2.19. The van der Waals surface area contributed by atoms with Gasteiger partial charge in [-0.3, -0.25) is 0 Å². The maximum Gasteiger partial charge on any atom is 0.135 e. The van der Waals surface area contributed by atoms with Gasteiger partial charge in [0.15, 0.2) is 0 Å². The molecule has 2 rings (SSSR count). The van der Waals surface area contributed by atoms with Crippen molar-refractivity contribution in [1.82, 2.24) is 10.2 Å². The van der Waals surface area contributed by atoms with Gasteiger partial charge in [-0.1, -0.05) is 6.58 Å². The van der Waals surface area contributed by atoms with Crippen molar-refractivity contribution in [2.24, 2.45) is 0 Å². The molecule has 2 nitrogen and oxygen atoms in total. The van der Waals surface area contributed by atoms with Crippen LogP contribution in [-0.4, -0.2) is 11.9 Å². The van der Waals surface area contributed by atoms with Crippen LogP contribution < -0.4 is 5.32 Å². The molecule has 4 heteroatoms. The summed E-state index contributed by atoms with van der Waals surface area (Å²) in [6.07, 6.45) is 1.64. The average Bonchev–Trinajstić information content (AvgIpc) is 2.49. The number of halogens is 2. The SMILES string of the molecule is C=C1NC=C(c2ccc(F)cc2F)N1C. The topological polar surface area (TPSA) is 15.3 Å². The fourth-order valence-corrected chi connectivity index (χ4v) is 1.45. The first kappa shape index (κ1) is 9.71. The molecule has 0 aromatic heterocycles. The van der Waals surface area contributed by atoms with Crippen LogP contribution in [0.3, 0.4) is 0 Å². The van der Waals surface area contributed by atoms with E-state index in [1.54, 1.807) is 18.1 Å². The highest BCUT2D eigenvalue weighted by atomic mass is 19.1. The van der Waals surface area contributed by atoms with Crippen LogP contribution in [0.25, 0.3) is 5.70 Å². The fraction of sp³-hybridized carbons (Fsp3) is 0.0909. The van der Waals surface area contributed by atoms with E-state index < -0.39 is 11.6 Å². The van der Waals surface area contributed by atoms with E-state index in [2.05, 4.69) is 11.9 Å². The van der Waals surface area contributed by atoms with Crippen molar-refractivity contribution >= 4 is 5.70 Å². The van der Waals surface area contributed by atoms with Gasteiger partial charge in [0.05, 0.1) is 5.70 Å². The van der Waals surface area contributed by atoms with E-state index in [0.717, 1.165) is 6.07 Å². The van der Waals surface area contributed by atoms with Crippen molar-refractivity contribution in [2.45, 2.75) is 0 Å². The molecule has 0 amide bonds. The summed E-state index contributed by atoms with van der Waals surface area (Å²) < 4.78 is 26.1. The number of hydrogen-bond acceptors (Lipinski definition) is 2. The van der Waals surface area contributed by atoms with Gasteiger partial charge < -0.3 is 10.2 Å². The van der Waals surface area contributed by atoms with Gasteiger partial charge in [0.25, 0.3) is 0 Å². The number of nitrogens with one attached hydrogen (secondary N) is 1. The molecule has 78 valence electrons. The first-order valence-corrected chi connectivity index (χ1v) is 4.44. The van der Waals surface area contributed by atoms with E-state index in [1.165, 1.54) is 12.1 Å². The lowest BCUT2D eigenvalue weighted by Gasteiger charge is -2.16. The summed E-state index contributed by atoms with van der Waals surface area (Å²) in [6, 6.07) is 3.51. The van der Waals surface area contributed by atoms with Gasteiger partial charge in [0, 0.05) is 24.9 Å². The molecule has 1 aliphatic heterocycles. The molecule has 0 atom stereocenters. The van der Waals surface area contributed by atoms with Crippen LogP contribution in [0.1, 0.15) is 5.56 Å². The molecule has 1 aromatic rings. The normalized spacial score (nSPS) is 15.3. The third kappa shape index (κ3) is 1.58. The van der Waals surface area contributed by atoms with Crippen LogP contribution >= 0.6 is 0 Å². The Morgan fingerprint density at radius 2 is 2.07 bits per heavy atom. The molecule has 1 heterocycles. The minimum atomic E-state index is -0.579. The summed E-state index contributed by atoms with van der Waals surface area (Å²) in [5.41, 5.74) is 0.988. The van der Waals surface area contributed by atoms with Crippen molar-refractivity contribution in [1.29, 1.82) is 0 Å². The molecular weight excluding hydrogens is 198 g/mol. The predicted octanol–water partition coefficient (Wildman–Crippen LogP) is 2.27. The molecule has 1 N–H and O–H groups in total. The first-order chi connectivity index (χ1) is 7.09. The van der Waals surface area contributed by atoms with Gasteiger partial charge >= 0.3 is 0 Å². The zero-order valence-electron chi connectivity index (χ0n) is 8.22. The van der Waals surface area contributed by atoms with Crippen LogP contribution in [0, 0.1) is 11.6 Å². The quantitative estimate of drug-likeness (QED) is 0.761. The molecule has 0 spiro atoms. The first-order valence-electron chi connectivity index (χ1n) is 4.44. The Labute approximate surface area is 86.5 Å². The van der Waals surface area contributed by atoms with Gasteiger partial charge in [0.2, 0.25) is 0 Å². The maximum atomic E-state index is 13.4. The Bertz CT molecular complexity index is 452. The van der Waals surface area contributed by atoms with Crippen molar-refractivity contribution in [2.75, 3.05) is 7.05 Å². The maximum absolute atomic E-state index is 13.4. The molecule has 0 radical (unpaired) electrons. The van der Waals surface area contributed by atoms with E-state index in [9.17, 15) is 8.78 Å². The van der Waals surface area contributed by atoms with E-state index in [1.807, 2.05) is 0 Å². The molecule has 0 fully saturated rings. The Morgan fingerprint density at radius 3 is 2.60 bits per heavy atom. The molecule has 0 aliphatic carbocycles. The molecule has 0 bridgehead atoms. The summed E-state index contributed by atoms with van der Waals surface area (Å²) in [5, 5.41) is 2.87. The largest absolute Gasteiger partial charge is 0.346 e. The van der Waals surface area contributed by atoms with Gasteiger partial charge in [-0.25, -0.2) is 8.78 Å². The fourth-order valence-electron chi connectivity index (χ4n) is 1.45. The summed E-state index contributed by atoms with van der Waals surface area (Å²) >= 11 is 0. The van der Waals surface area contributed by atoms with Crippen LogP contribution in [0.15, 0.2) is 36.8 Å². The molecule has 0 saturated heterocycles. The molecular formula is C11H10F2N2. The summed E-state index contributed by atoms with van der Waals surface area (Å²) in [7, 11) is 1.76. The smallest absolute Gasteiger partial charge is 0.135 e. The molecule has 1 aromatic carbocycles. The van der Waals surface area contributed by atoms with Crippen LogP contribution in [0.4, 0.5) is 8.78 Å². The Hall–Kier alpha value is -1.84. The zero-order chi connectivity index (χ0) is 11.0. The Balaban J connectivity index is 2.43. The highest BCUT2D eigenvalue weighted by Crippen LogP contribution is 2.26. The minimum Gasteiger partial charge on any atom is -0.346 e. The highest BCUT2D eigenvalue weighted by Gasteiger charge is 2.19. The van der Waals surface area contributed by atoms with Gasteiger partial charge in [0.1, 0.15) is 17.5 Å². The average molecular weight is 208 g/mol. The molecule has 15 heavy (non-hydrogen) atoms. The second kappa shape index (κ2) is 3.38. The standard InChI is InChI=1S/C11H10F2N2/c1-7-14-6-11(15(7)2)9-4-3-8(12)5-10(9)13/h3-6,14H,1H2,2H3. The van der Waals surface area contributed by atoms with E-state index in [-0.39, 0.29) is 0 Å². The summed E-state index contributed by atoms with van der Waals surface area (Å²) in [4.78, 5) is 1.70. The highest BCUT2D eigenvalue weighted by molar-refractivity contribution is 5.68. The lowest BCUT2D eigenvalue weighted by molar-refractivity contribution is 0.563. The van der Waals surface area contributed by atoms with Crippen molar-refractivity contribution in [3.8, 4) is 0 Å². The van der Waals surface area contributed by atoms with Crippen LogP contribution in [0.2, 0.25) is 0 Å². The van der Waals surface area contributed by atoms with Crippen molar-refractivity contribution < 1.29 is 8.78 Å². The second-order valence-electron chi connectivity index (χ2n) is 3.30.